The first-order valence-corrected chi connectivity index (χ1v) is 11.4. The summed E-state index contributed by atoms with van der Waals surface area (Å²) in [5, 5.41) is 3.09. The Kier molecular flexibility index (Phi) is 8.34. The number of anilines is 1. The molecule has 0 saturated heterocycles. The Labute approximate surface area is 186 Å². The van der Waals surface area contributed by atoms with E-state index in [0.717, 1.165) is 43.7 Å². The van der Waals surface area contributed by atoms with E-state index in [4.69, 9.17) is 0 Å². The number of nitrogens with zero attached hydrogens (tertiary/aromatic N) is 2. The van der Waals surface area contributed by atoms with Crippen LogP contribution in [-0.2, 0) is 13.1 Å². The fourth-order valence-corrected chi connectivity index (χ4v) is 3.68. The number of urea groups is 1. The van der Waals surface area contributed by atoms with E-state index < -0.39 is 0 Å². The number of carbonyl (C=O) groups is 1. The third-order valence-corrected chi connectivity index (χ3v) is 5.62. The summed E-state index contributed by atoms with van der Waals surface area (Å²) in [6.45, 7) is 8.69. The van der Waals surface area contributed by atoms with Crippen molar-refractivity contribution in [1.82, 2.24) is 9.47 Å². The molecule has 31 heavy (non-hydrogen) atoms. The molecule has 4 heteroatoms. The molecule has 0 radical (unpaired) electrons. The first kappa shape index (κ1) is 22.7. The Bertz CT molecular complexity index is 929. The lowest BCUT2D eigenvalue weighted by Crippen LogP contribution is -2.36. The van der Waals surface area contributed by atoms with Gasteiger partial charge in [0.2, 0.25) is 0 Å². The van der Waals surface area contributed by atoms with Gasteiger partial charge in [-0.15, -0.1) is 0 Å². The van der Waals surface area contributed by atoms with Gasteiger partial charge in [-0.3, -0.25) is 0 Å². The van der Waals surface area contributed by atoms with Crippen molar-refractivity contribution in [2.45, 2.75) is 59.0 Å². The van der Waals surface area contributed by atoms with Crippen LogP contribution in [0.2, 0.25) is 0 Å². The lowest BCUT2D eigenvalue weighted by molar-refractivity contribution is 0.206. The number of carbonyl (C=O) groups excluding carboxylic acids is 1. The van der Waals surface area contributed by atoms with E-state index in [-0.39, 0.29) is 6.03 Å². The molecular formula is C27H35N3O. The Morgan fingerprint density at radius 2 is 1.71 bits per heavy atom. The van der Waals surface area contributed by atoms with Crippen molar-refractivity contribution in [3.63, 3.8) is 0 Å². The highest BCUT2D eigenvalue weighted by atomic mass is 16.2. The van der Waals surface area contributed by atoms with Crippen LogP contribution >= 0.6 is 0 Å². The van der Waals surface area contributed by atoms with Gasteiger partial charge in [0, 0.05) is 30.7 Å². The van der Waals surface area contributed by atoms with Crippen LogP contribution in [0.25, 0.3) is 0 Å². The highest BCUT2D eigenvalue weighted by molar-refractivity contribution is 5.89. The fraction of sp³-hybridized carbons (Fsp3) is 0.370. The van der Waals surface area contributed by atoms with Crippen LogP contribution in [0.4, 0.5) is 10.5 Å². The SMILES string of the molecule is CCCCCN(Cc1cccn1Cc1ccccc1)C(=O)Nc1ccc(C(C)C)cc1. The molecule has 0 fully saturated rings. The lowest BCUT2D eigenvalue weighted by atomic mass is 10.0. The van der Waals surface area contributed by atoms with Crippen LogP contribution in [0, 0.1) is 0 Å². The molecule has 0 unspecified atom stereocenters. The van der Waals surface area contributed by atoms with Crippen LogP contribution in [0.15, 0.2) is 72.9 Å². The number of amides is 2. The second-order valence-corrected chi connectivity index (χ2v) is 8.45. The molecule has 0 saturated carbocycles. The summed E-state index contributed by atoms with van der Waals surface area (Å²) >= 11 is 0. The molecule has 0 bridgehead atoms. The van der Waals surface area contributed by atoms with E-state index in [0.29, 0.717) is 12.5 Å². The quantitative estimate of drug-likeness (QED) is 0.359. The minimum Gasteiger partial charge on any atom is -0.345 e. The monoisotopic (exact) mass is 417 g/mol. The minimum absolute atomic E-state index is 0.0409. The topological polar surface area (TPSA) is 37.3 Å². The van der Waals surface area contributed by atoms with Crippen molar-refractivity contribution in [2.24, 2.45) is 0 Å². The summed E-state index contributed by atoms with van der Waals surface area (Å²) in [4.78, 5) is 15.1. The van der Waals surface area contributed by atoms with Gasteiger partial charge in [-0.1, -0.05) is 76.1 Å². The van der Waals surface area contributed by atoms with Gasteiger partial charge in [0.25, 0.3) is 0 Å². The van der Waals surface area contributed by atoms with Gasteiger partial charge < -0.3 is 14.8 Å². The summed E-state index contributed by atoms with van der Waals surface area (Å²) in [5.74, 6) is 0.479. The van der Waals surface area contributed by atoms with Gasteiger partial charge in [-0.05, 0) is 47.7 Å². The third kappa shape index (κ3) is 6.74. The summed E-state index contributed by atoms with van der Waals surface area (Å²) < 4.78 is 2.23. The zero-order valence-corrected chi connectivity index (χ0v) is 19.1. The number of benzene rings is 2. The van der Waals surface area contributed by atoms with Crippen LogP contribution in [0.3, 0.4) is 0 Å². The predicted molar refractivity (Wildman–Crippen MR) is 129 cm³/mol. The predicted octanol–water partition coefficient (Wildman–Crippen LogP) is 6.88. The lowest BCUT2D eigenvalue weighted by Gasteiger charge is -2.24. The second kappa shape index (κ2) is 11.4. The molecule has 0 aliphatic carbocycles. The summed E-state index contributed by atoms with van der Waals surface area (Å²) in [5.41, 5.74) is 4.52. The molecule has 1 heterocycles. The third-order valence-electron chi connectivity index (χ3n) is 5.62. The molecule has 0 spiro atoms. The molecule has 1 N–H and O–H groups in total. The second-order valence-electron chi connectivity index (χ2n) is 8.45. The molecule has 2 aromatic carbocycles. The Balaban J connectivity index is 1.70. The average molecular weight is 418 g/mol. The van der Waals surface area contributed by atoms with Crippen molar-refractivity contribution in [1.29, 1.82) is 0 Å². The van der Waals surface area contributed by atoms with Crippen molar-refractivity contribution in [3.05, 3.63) is 89.7 Å². The first-order chi connectivity index (χ1) is 15.1. The van der Waals surface area contributed by atoms with Crippen LogP contribution in [0.1, 0.15) is 62.8 Å². The average Bonchev–Trinajstić information content (AvgIpc) is 3.20. The van der Waals surface area contributed by atoms with E-state index >= 15 is 0 Å². The Morgan fingerprint density at radius 1 is 0.968 bits per heavy atom. The molecule has 4 nitrogen and oxygen atoms in total. The van der Waals surface area contributed by atoms with E-state index in [2.05, 4.69) is 85.4 Å². The van der Waals surface area contributed by atoms with Gasteiger partial charge in [-0.2, -0.15) is 0 Å². The number of rotatable bonds is 10. The zero-order chi connectivity index (χ0) is 22.1. The van der Waals surface area contributed by atoms with Crippen molar-refractivity contribution < 1.29 is 4.79 Å². The van der Waals surface area contributed by atoms with Crippen molar-refractivity contribution in [3.8, 4) is 0 Å². The number of hydrogen-bond donors (Lipinski definition) is 1. The van der Waals surface area contributed by atoms with Gasteiger partial charge in [0.15, 0.2) is 0 Å². The van der Waals surface area contributed by atoms with E-state index in [1.807, 2.05) is 23.1 Å². The molecular weight excluding hydrogens is 382 g/mol. The molecule has 0 atom stereocenters. The maximum absolute atomic E-state index is 13.1. The summed E-state index contributed by atoms with van der Waals surface area (Å²) in [7, 11) is 0. The highest BCUT2D eigenvalue weighted by Gasteiger charge is 2.16. The molecule has 164 valence electrons. The van der Waals surface area contributed by atoms with Gasteiger partial charge in [0.1, 0.15) is 0 Å². The molecule has 0 aliphatic heterocycles. The fourth-order valence-electron chi connectivity index (χ4n) is 3.68. The van der Waals surface area contributed by atoms with Gasteiger partial charge in [0.05, 0.1) is 6.54 Å². The van der Waals surface area contributed by atoms with Gasteiger partial charge in [-0.25, -0.2) is 4.79 Å². The number of hydrogen-bond acceptors (Lipinski definition) is 1. The smallest absolute Gasteiger partial charge is 0.322 e. The number of aromatic nitrogens is 1. The molecule has 3 rings (SSSR count). The van der Waals surface area contributed by atoms with E-state index in [1.54, 1.807) is 0 Å². The number of unbranched alkanes of at least 4 members (excludes halogenated alkanes) is 2. The van der Waals surface area contributed by atoms with Crippen LogP contribution < -0.4 is 5.32 Å². The molecule has 0 aliphatic rings. The zero-order valence-electron chi connectivity index (χ0n) is 19.1. The first-order valence-electron chi connectivity index (χ1n) is 11.4. The van der Waals surface area contributed by atoms with Gasteiger partial charge >= 0.3 is 6.03 Å². The number of nitrogens with one attached hydrogen (secondary N) is 1. The van der Waals surface area contributed by atoms with E-state index in [9.17, 15) is 4.79 Å². The molecule has 1 aromatic heterocycles. The van der Waals surface area contributed by atoms with Crippen molar-refractivity contribution in [2.75, 3.05) is 11.9 Å². The minimum atomic E-state index is -0.0409. The maximum Gasteiger partial charge on any atom is 0.322 e. The maximum atomic E-state index is 13.1. The highest BCUT2D eigenvalue weighted by Crippen LogP contribution is 2.18. The normalized spacial score (nSPS) is 11.0. The van der Waals surface area contributed by atoms with Crippen molar-refractivity contribution >= 4 is 11.7 Å². The van der Waals surface area contributed by atoms with Crippen LogP contribution in [-0.4, -0.2) is 22.0 Å². The molecule has 2 amide bonds. The van der Waals surface area contributed by atoms with Crippen LogP contribution in [0.5, 0.6) is 0 Å². The largest absolute Gasteiger partial charge is 0.345 e. The summed E-state index contributed by atoms with van der Waals surface area (Å²) in [6, 6.07) is 22.7. The standard InChI is InChI=1S/C27H35N3O/c1-4-5-9-18-30(27(31)28-25-16-14-24(15-17-25)22(2)3)21-26-13-10-19-29(26)20-23-11-7-6-8-12-23/h6-8,10-17,19,22H,4-5,9,18,20-21H2,1-3H3,(H,28,31). The molecule has 3 aromatic rings. The Morgan fingerprint density at radius 3 is 2.39 bits per heavy atom. The summed E-state index contributed by atoms with van der Waals surface area (Å²) in [6.07, 6.45) is 5.36. The van der Waals surface area contributed by atoms with E-state index in [1.165, 1.54) is 11.1 Å². The Hall–Kier alpha value is -3.01.